The van der Waals surface area contributed by atoms with Crippen molar-refractivity contribution in [2.45, 2.75) is 25.9 Å². The molecule has 0 radical (unpaired) electrons. The van der Waals surface area contributed by atoms with Crippen molar-refractivity contribution in [3.05, 3.63) is 22.9 Å². The number of rotatable bonds is 4. The molecular formula is C12H17BrN2O. The predicted molar refractivity (Wildman–Crippen MR) is 68.6 cm³/mol. The molecule has 0 bridgehead atoms. The Kier molecular flexibility index (Phi) is 4.18. The van der Waals surface area contributed by atoms with Crippen LogP contribution in [0.3, 0.4) is 0 Å². The zero-order valence-electron chi connectivity index (χ0n) is 9.45. The molecule has 3 nitrogen and oxygen atoms in total. The van der Waals surface area contributed by atoms with Gasteiger partial charge in [0, 0.05) is 29.7 Å². The highest BCUT2D eigenvalue weighted by Crippen LogP contribution is 2.24. The van der Waals surface area contributed by atoms with Gasteiger partial charge in [-0.2, -0.15) is 0 Å². The third-order valence-electron chi connectivity index (χ3n) is 3.02. The summed E-state index contributed by atoms with van der Waals surface area (Å²) in [5.74, 6) is 0.629. The van der Waals surface area contributed by atoms with Crippen LogP contribution < -0.4 is 5.32 Å². The van der Waals surface area contributed by atoms with Crippen molar-refractivity contribution in [2.24, 2.45) is 5.92 Å². The summed E-state index contributed by atoms with van der Waals surface area (Å²) in [4.78, 5) is 4.13. The van der Waals surface area contributed by atoms with Crippen LogP contribution in [0.4, 0.5) is 5.69 Å². The fourth-order valence-electron chi connectivity index (χ4n) is 2.13. The van der Waals surface area contributed by atoms with Crippen LogP contribution in [-0.4, -0.2) is 24.2 Å². The molecule has 2 heterocycles. The normalized spacial score (nSPS) is 24.6. The molecule has 1 aliphatic heterocycles. The van der Waals surface area contributed by atoms with Gasteiger partial charge in [-0.15, -0.1) is 0 Å². The van der Waals surface area contributed by atoms with Crippen molar-refractivity contribution in [1.29, 1.82) is 0 Å². The fourth-order valence-corrected chi connectivity index (χ4v) is 2.50. The number of anilines is 1. The second-order valence-corrected chi connectivity index (χ2v) is 5.05. The summed E-state index contributed by atoms with van der Waals surface area (Å²) in [6.07, 6.45) is 6.32. The Morgan fingerprint density at radius 3 is 3.19 bits per heavy atom. The quantitative estimate of drug-likeness (QED) is 0.923. The molecule has 1 aromatic rings. The second-order valence-electron chi connectivity index (χ2n) is 4.14. The van der Waals surface area contributed by atoms with Crippen molar-refractivity contribution >= 4 is 21.6 Å². The van der Waals surface area contributed by atoms with E-state index in [-0.39, 0.29) is 0 Å². The van der Waals surface area contributed by atoms with Crippen molar-refractivity contribution < 1.29 is 4.74 Å². The molecule has 0 aromatic carbocycles. The Morgan fingerprint density at radius 2 is 2.44 bits per heavy atom. The third kappa shape index (κ3) is 2.95. The van der Waals surface area contributed by atoms with E-state index < -0.39 is 0 Å². The largest absolute Gasteiger partial charge is 0.383 e. The minimum absolute atomic E-state index is 0.424. The molecule has 1 fully saturated rings. The average molecular weight is 285 g/mol. The zero-order chi connectivity index (χ0) is 11.4. The first-order valence-electron chi connectivity index (χ1n) is 5.75. The third-order valence-corrected chi connectivity index (χ3v) is 3.46. The Balaban J connectivity index is 1.87. The molecule has 2 unspecified atom stereocenters. The van der Waals surface area contributed by atoms with Gasteiger partial charge in [0.1, 0.15) is 0 Å². The number of hydrogen-bond acceptors (Lipinski definition) is 3. The first-order chi connectivity index (χ1) is 7.79. The van der Waals surface area contributed by atoms with Gasteiger partial charge in [-0.3, -0.25) is 4.98 Å². The lowest BCUT2D eigenvalue weighted by molar-refractivity contribution is 0.0900. The zero-order valence-corrected chi connectivity index (χ0v) is 11.0. The number of aromatic nitrogens is 1. The molecule has 0 aliphatic carbocycles. The van der Waals surface area contributed by atoms with Gasteiger partial charge in [-0.1, -0.05) is 6.92 Å². The molecule has 2 atom stereocenters. The maximum atomic E-state index is 5.66. The van der Waals surface area contributed by atoms with Crippen molar-refractivity contribution in [1.82, 2.24) is 4.98 Å². The van der Waals surface area contributed by atoms with E-state index in [4.69, 9.17) is 4.74 Å². The molecule has 16 heavy (non-hydrogen) atoms. The number of nitrogens with one attached hydrogen (secondary N) is 1. The van der Waals surface area contributed by atoms with Gasteiger partial charge in [0.25, 0.3) is 0 Å². The molecule has 1 N–H and O–H groups in total. The monoisotopic (exact) mass is 284 g/mol. The second kappa shape index (κ2) is 5.64. The minimum Gasteiger partial charge on any atom is -0.383 e. The number of pyridine rings is 1. The van der Waals surface area contributed by atoms with Gasteiger partial charge < -0.3 is 10.1 Å². The number of hydrogen-bond donors (Lipinski definition) is 1. The summed E-state index contributed by atoms with van der Waals surface area (Å²) in [6.45, 7) is 4.06. The molecule has 0 spiro atoms. The SMILES string of the molecule is CCC1OCCC1CNc1cncc(Br)c1. The fraction of sp³-hybridized carbons (Fsp3) is 0.583. The summed E-state index contributed by atoms with van der Waals surface area (Å²) in [7, 11) is 0. The van der Waals surface area contributed by atoms with E-state index >= 15 is 0 Å². The number of nitrogens with zero attached hydrogens (tertiary/aromatic N) is 1. The molecule has 0 saturated carbocycles. The van der Waals surface area contributed by atoms with Crippen molar-refractivity contribution in [3.8, 4) is 0 Å². The summed E-state index contributed by atoms with van der Waals surface area (Å²) < 4.78 is 6.67. The molecule has 4 heteroatoms. The first-order valence-corrected chi connectivity index (χ1v) is 6.55. The lowest BCUT2D eigenvalue weighted by Crippen LogP contribution is -2.22. The topological polar surface area (TPSA) is 34.1 Å². The van der Waals surface area contributed by atoms with E-state index in [1.807, 2.05) is 12.3 Å². The molecule has 1 saturated heterocycles. The van der Waals surface area contributed by atoms with Crippen LogP contribution in [0.1, 0.15) is 19.8 Å². The van der Waals surface area contributed by atoms with Crippen LogP contribution in [0.5, 0.6) is 0 Å². The molecule has 88 valence electrons. The van der Waals surface area contributed by atoms with Gasteiger partial charge in [-0.25, -0.2) is 0 Å². The van der Waals surface area contributed by atoms with E-state index in [9.17, 15) is 0 Å². The Labute approximate surface area is 105 Å². The smallest absolute Gasteiger partial charge is 0.0618 e. The van der Waals surface area contributed by atoms with Gasteiger partial charge >= 0.3 is 0 Å². The van der Waals surface area contributed by atoms with E-state index in [1.54, 1.807) is 6.20 Å². The summed E-state index contributed by atoms with van der Waals surface area (Å²) >= 11 is 3.41. The summed E-state index contributed by atoms with van der Waals surface area (Å²) in [5.41, 5.74) is 1.07. The van der Waals surface area contributed by atoms with E-state index in [2.05, 4.69) is 33.2 Å². The summed E-state index contributed by atoms with van der Waals surface area (Å²) in [6, 6.07) is 2.05. The highest BCUT2D eigenvalue weighted by Gasteiger charge is 2.26. The van der Waals surface area contributed by atoms with E-state index in [1.165, 1.54) is 0 Å². The molecule has 1 aliphatic rings. The number of halogens is 1. The predicted octanol–water partition coefficient (Wildman–Crippen LogP) is 3.07. The standard InChI is InChI=1S/C12H17BrN2O/c1-2-12-9(3-4-16-12)6-15-11-5-10(13)7-14-8-11/h5,7-9,12,15H,2-4,6H2,1H3. The van der Waals surface area contributed by atoms with E-state index in [0.29, 0.717) is 12.0 Å². The van der Waals surface area contributed by atoms with E-state index in [0.717, 1.165) is 36.2 Å². The van der Waals surface area contributed by atoms with Gasteiger partial charge in [-0.05, 0) is 34.8 Å². The van der Waals surface area contributed by atoms with Crippen LogP contribution in [0.15, 0.2) is 22.9 Å². The highest BCUT2D eigenvalue weighted by atomic mass is 79.9. The van der Waals surface area contributed by atoms with Crippen LogP contribution in [0, 0.1) is 5.92 Å². The van der Waals surface area contributed by atoms with Gasteiger partial charge in [0.05, 0.1) is 18.0 Å². The van der Waals surface area contributed by atoms with Gasteiger partial charge in [0.2, 0.25) is 0 Å². The Hall–Kier alpha value is -0.610. The first kappa shape index (κ1) is 11.9. The maximum Gasteiger partial charge on any atom is 0.0618 e. The van der Waals surface area contributed by atoms with Crippen LogP contribution in [0.25, 0.3) is 0 Å². The van der Waals surface area contributed by atoms with Crippen LogP contribution in [-0.2, 0) is 4.74 Å². The maximum absolute atomic E-state index is 5.66. The number of ether oxygens (including phenoxy) is 1. The Bertz CT molecular complexity index is 346. The van der Waals surface area contributed by atoms with Crippen molar-refractivity contribution in [2.75, 3.05) is 18.5 Å². The Morgan fingerprint density at radius 1 is 1.56 bits per heavy atom. The average Bonchev–Trinajstić information content (AvgIpc) is 2.74. The van der Waals surface area contributed by atoms with Crippen molar-refractivity contribution in [3.63, 3.8) is 0 Å². The lowest BCUT2D eigenvalue weighted by Gasteiger charge is -2.17. The molecule has 2 rings (SSSR count). The van der Waals surface area contributed by atoms with Crippen LogP contribution in [0.2, 0.25) is 0 Å². The highest BCUT2D eigenvalue weighted by molar-refractivity contribution is 9.10. The molecular weight excluding hydrogens is 268 g/mol. The minimum atomic E-state index is 0.424. The van der Waals surface area contributed by atoms with Crippen LogP contribution >= 0.6 is 15.9 Å². The summed E-state index contributed by atoms with van der Waals surface area (Å²) in [5, 5.41) is 3.42. The lowest BCUT2D eigenvalue weighted by atomic mass is 10.00. The molecule has 0 amide bonds. The van der Waals surface area contributed by atoms with Gasteiger partial charge in [0.15, 0.2) is 0 Å². The molecule has 1 aromatic heterocycles.